The lowest BCUT2D eigenvalue weighted by Gasteiger charge is -2.18. The van der Waals surface area contributed by atoms with Crippen LogP contribution in [0.1, 0.15) is 6.92 Å². The number of para-hydroxylation sites is 1. The second-order valence-electron chi connectivity index (χ2n) is 5.58. The number of hydrogen-bond acceptors (Lipinski definition) is 6. The van der Waals surface area contributed by atoms with Crippen molar-refractivity contribution in [2.75, 3.05) is 24.3 Å². The molecule has 3 rings (SSSR count). The molecule has 2 aromatic carbocycles. The summed E-state index contributed by atoms with van der Waals surface area (Å²) in [6.07, 6.45) is -0.872. The smallest absolute Gasteiger partial charge is 0.317 e. The third kappa shape index (κ3) is 4.92. The molecule has 0 saturated carbocycles. The number of carbonyl (C=O) groups is 2. The van der Waals surface area contributed by atoms with Gasteiger partial charge >= 0.3 is 5.97 Å². The lowest BCUT2D eigenvalue weighted by atomic mass is 10.3. The molecule has 7 heteroatoms. The monoisotopic (exact) mass is 373 g/mol. The number of carbonyl (C=O) groups excluding carboxylic acids is 2. The summed E-state index contributed by atoms with van der Waals surface area (Å²) in [5.74, 6) is 0.650. The number of ether oxygens (including phenoxy) is 3. The van der Waals surface area contributed by atoms with Crippen LogP contribution < -0.4 is 14.8 Å². The van der Waals surface area contributed by atoms with E-state index in [0.29, 0.717) is 30.4 Å². The van der Waals surface area contributed by atoms with Gasteiger partial charge in [-0.15, -0.1) is 11.8 Å². The highest BCUT2D eigenvalue weighted by Crippen LogP contribution is 2.34. The lowest BCUT2D eigenvalue weighted by molar-refractivity contribution is -0.150. The maximum atomic E-state index is 12.1. The summed E-state index contributed by atoms with van der Waals surface area (Å²) in [6.45, 7) is 2.59. The molecule has 1 N–H and O–H groups in total. The van der Waals surface area contributed by atoms with Gasteiger partial charge in [0.15, 0.2) is 17.6 Å². The van der Waals surface area contributed by atoms with E-state index in [-0.39, 0.29) is 11.7 Å². The largest absolute Gasteiger partial charge is 0.486 e. The molecule has 0 fully saturated rings. The van der Waals surface area contributed by atoms with Gasteiger partial charge in [-0.3, -0.25) is 9.59 Å². The zero-order chi connectivity index (χ0) is 18.4. The van der Waals surface area contributed by atoms with Crippen LogP contribution in [0.2, 0.25) is 0 Å². The number of nitrogens with one attached hydrogen (secondary N) is 1. The quantitative estimate of drug-likeness (QED) is 0.619. The number of fused-ring (bicyclic) bond motifs is 1. The van der Waals surface area contributed by atoms with Gasteiger partial charge in [0.2, 0.25) is 0 Å². The maximum Gasteiger partial charge on any atom is 0.317 e. The molecule has 1 heterocycles. The Morgan fingerprint density at radius 3 is 2.62 bits per heavy atom. The van der Waals surface area contributed by atoms with Crippen LogP contribution in [0.15, 0.2) is 53.4 Å². The van der Waals surface area contributed by atoms with E-state index in [1.807, 2.05) is 36.4 Å². The van der Waals surface area contributed by atoms with E-state index in [0.717, 1.165) is 4.90 Å². The molecule has 0 radical (unpaired) electrons. The average molecular weight is 373 g/mol. The first-order valence-corrected chi connectivity index (χ1v) is 9.18. The SMILES string of the molecule is C[C@H](OC(=O)CSc1ccc2c(c1)OCCO2)C(=O)Nc1ccccc1. The van der Waals surface area contributed by atoms with Crippen molar-refractivity contribution >= 4 is 29.3 Å². The summed E-state index contributed by atoms with van der Waals surface area (Å²) < 4.78 is 16.2. The van der Waals surface area contributed by atoms with Crippen molar-refractivity contribution < 1.29 is 23.8 Å². The number of anilines is 1. The van der Waals surface area contributed by atoms with Crippen LogP contribution in [0.3, 0.4) is 0 Å². The number of hydrogen-bond donors (Lipinski definition) is 1. The molecule has 0 bridgehead atoms. The molecular weight excluding hydrogens is 354 g/mol. The van der Waals surface area contributed by atoms with E-state index in [9.17, 15) is 9.59 Å². The van der Waals surface area contributed by atoms with Crippen molar-refractivity contribution in [2.45, 2.75) is 17.9 Å². The molecule has 0 saturated heterocycles. The van der Waals surface area contributed by atoms with Crippen molar-refractivity contribution in [1.29, 1.82) is 0 Å². The highest BCUT2D eigenvalue weighted by atomic mass is 32.2. The fourth-order valence-corrected chi connectivity index (χ4v) is 3.01. The van der Waals surface area contributed by atoms with Gasteiger partial charge in [-0.1, -0.05) is 18.2 Å². The number of rotatable bonds is 6. The molecule has 1 aliphatic heterocycles. The van der Waals surface area contributed by atoms with Crippen molar-refractivity contribution in [1.82, 2.24) is 0 Å². The molecule has 1 aliphatic rings. The van der Waals surface area contributed by atoms with Crippen molar-refractivity contribution in [2.24, 2.45) is 0 Å². The minimum atomic E-state index is -0.872. The van der Waals surface area contributed by atoms with Crippen LogP contribution in [-0.2, 0) is 14.3 Å². The number of amides is 1. The summed E-state index contributed by atoms with van der Waals surface area (Å²) in [5.41, 5.74) is 0.658. The summed E-state index contributed by atoms with van der Waals surface area (Å²) in [7, 11) is 0. The Labute approximate surface area is 155 Å². The highest BCUT2D eigenvalue weighted by Gasteiger charge is 2.18. The molecule has 0 aromatic heterocycles. The fraction of sp³-hybridized carbons (Fsp3) is 0.263. The predicted octanol–water partition coefficient (Wildman–Crippen LogP) is 3.12. The third-order valence-corrected chi connectivity index (χ3v) is 4.56. The first-order chi connectivity index (χ1) is 12.6. The molecule has 2 aromatic rings. The van der Waals surface area contributed by atoms with Crippen LogP contribution in [0.4, 0.5) is 5.69 Å². The molecule has 0 spiro atoms. The third-order valence-electron chi connectivity index (χ3n) is 3.59. The van der Waals surface area contributed by atoms with Crippen molar-refractivity contribution in [3.63, 3.8) is 0 Å². The first-order valence-electron chi connectivity index (χ1n) is 8.19. The van der Waals surface area contributed by atoms with Crippen LogP contribution in [0.5, 0.6) is 11.5 Å². The van der Waals surface area contributed by atoms with E-state index in [4.69, 9.17) is 14.2 Å². The van der Waals surface area contributed by atoms with Gasteiger partial charge < -0.3 is 19.5 Å². The van der Waals surface area contributed by atoms with E-state index >= 15 is 0 Å². The Hall–Kier alpha value is -2.67. The molecular formula is C19H19NO5S. The minimum Gasteiger partial charge on any atom is -0.486 e. The Kier molecular flexibility index (Phi) is 6.01. The summed E-state index contributed by atoms with van der Waals surface area (Å²) in [4.78, 5) is 24.9. The molecule has 0 unspecified atom stereocenters. The van der Waals surface area contributed by atoms with E-state index in [1.54, 1.807) is 19.1 Å². The average Bonchev–Trinajstić information content (AvgIpc) is 2.67. The lowest BCUT2D eigenvalue weighted by Crippen LogP contribution is -2.30. The second kappa shape index (κ2) is 8.62. The van der Waals surface area contributed by atoms with Gasteiger partial charge in [-0.25, -0.2) is 0 Å². The fourth-order valence-electron chi connectivity index (χ4n) is 2.31. The molecule has 26 heavy (non-hydrogen) atoms. The van der Waals surface area contributed by atoms with Gasteiger partial charge in [-0.2, -0.15) is 0 Å². The van der Waals surface area contributed by atoms with Gasteiger partial charge in [0.1, 0.15) is 13.2 Å². The summed E-state index contributed by atoms with van der Waals surface area (Å²) >= 11 is 1.32. The van der Waals surface area contributed by atoms with Gasteiger partial charge in [-0.05, 0) is 37.3 Å². The highest BCUT2D eigenvalue weighted by molar-refractivity contribution is 8.00. The van der Waals surface area contributed by atoms with Gasteiger partial charge in [0.25, 0.3) is 5.91 Å². The number of benzene rings is 2. The van der Waals surface area contributed by atoms with Crippen LogP contribution in [-0.4, -0.2) is 36.9 Å². The van der Waals surface area contributed by atoms with Crippen LogP contribution >= 0.6 is 11.8 Å². The first kappa shape index (κ1) is 18.1. The normalized spacial score (nSPS) is 13.6. The van der Waals surface area contributed by atoms with E-state index in [1.165, 1.54) is 11.8 Å². The van der Waals surface area contributed by atoms with E-state index < -0.39 is 12.1 Å². The summed E-state index contributed by atoms with van der Waals surface area (Å²) in [5, 5.41) is 2.70. The van der Waals surface area contributed by atoms with Gasteiger partial charge in [0, 0.05) is 10.6 Å². The Morgan fingerprint density at radius 2 is 1.85 bits per heavy atom. The zero-order valence-electron chi connectivity index (χ0n) is 14.3. The van der Waals surface area contributed by atoms with Crippen LogP contribution in [0, 0.1) is 0 Å². The van der Waals surface area contributed by atoms with Gasteiger partial charge in [0.05, 0.1) is 5.75 Å². The van der Waals surface area contributed by atoms with Crippen molar-refractivity contribution in [3.05, 3.63) is 48.5 Å². The van der Waals surface area contributed by atoms with E-state index in [2.05, 4.69) is 5.32 Å². The van der Waals surface area contributed by atoms with Crippen molar-refractivity contribution in [3.8, 4) is 11.5 Å². The minimum absolute atomic E-state index is 0.0998. The topological polar surface area (TPSA) is 73.9 Å². The zero-order valence-corrected chi connectivity index (χ0v) is 15.1. The van der Waals surface area contributed by atoms with Crippen LogP contribution in [0.25, 0.3) is 0 Å². The number of esters is 1. The Morgan fingerprint density at radius 1 is 1.12 bits per heavy atom. The molecule has 6 nitrogen and oxygen atoms in total. The molecule has 1 atom stereocenters. The molecule has 136 valence electrons. The standard InChI is InChI=1S/C19H19NO5S/c1-13(19(22)20-14-5-3-2-4-6-14)25-18(21)12-26-15-7-8-16-17(11-15)24-10-9-23-16/h2-8,11,13H,9-10,12H2,1H3,(H,20,22)/t13-/m0/s1. The number of thioether (sulfide) groups is 1. The maximum absolute atomic E-state index is 12.1. The Balaban J connectivity index is 1.47. The molecule has 0 aliphatic carbocycles. The summed E-state index contributed by atoms with van der Waals surface area (Å²) in [6, 6.07) is 14.5. The Bertz CT molecular complexity index is 781. The molecule has 1 amide bonds. The second-order valence-corrected chi connectivity index (χ2v) is 6.63. The predicted molar refractivity (Wildman–Crippen MR) is 98.8 cm³/mol.